The molecule has 1 N–H and O–H groups in total. The summed E-state index contributed by atoms with van der Waals surface area (Å²) in [5.41, 5.74) is -0.428. The van der Waals surface area contributed by atoms with Crippen LogP contribution in [0.2, 0.25) is 5.02 Å². The Balaban J connectivity index is 2.59. The number of Topliss-reactive ketones (excluding diaryl/α,β-unsaturated/α-hetero) is 1. The molecule has 1 rings (SSSR count). The minimum atomic E-state index is -0.749. The van der Waals surface area contributed by atoms with Crippen LogP contribution in [0.15, 0.2) is 18.2 Å². The van der Waals surface area contributed by atoms with Crippen molar-refractivity contribution in [2.24, 2.45) is 0 Å². The number of amides is 1. The number of esters is 1. The summed E-state index contributed by atoms with van der Waals surface area (Å²) in [5.74, 6) is -1.62. The van der Waals surface area contributed by atoms with E-state index in [0.29, 0.717) is 0 Å². The SMILES string of the molecule is CC(=O)CCC(=O)OCC(=O)Nc1cc(Cl)ccc1[N+](=O)[O-]. The zero-order valence-electron chi connectivity index (χ0n) is 11.6. The molecule has 0 fully saturated rings. The lowest BCUT2D eigenvalue weighted by Crippen LogP contribution is -2.21. The van der Waals surface area contributed by atoms with Gasteiger partial charge >= 0.3 is 5.97 Å². The third-order valence-corrected chi connectivity index (χ3v) is 2.71. The molecule has 0 aromatic heterocycles. The number of ketones is 1. The van der Waals surface area contributed by atoms with Crippen LogP contribution in [0.25, 0.3) is 0 Å². The van der Waals surface area contributed by atoms with Gasteiger partial charge in [0.05, 0.1) is 11.3 Å². The Morgan fingerprint density at radius 3 is 2.59 bits per heavy atom. The summed E-state index contributed by atoms with van der Waals surface area (Å²) >= 11 is 5.71. The first kappa shape index (κ1) is 17.6. The molecule has 8 nitrogen and oxygen atoms in total. The average Bonchev–Trinajstić information content (AvgIpc) is 2.42. The largest absolute Gasteiger partial charge is 0.456 e. The number of rotatable bonds is 7. The van der Waals surface area contributed by atoms with Crippen LogP contribution < -0.4 is 5.32 Å². The van der Waals surface area contributed by atoms with Gasteiger partial charge in [0.2, 0.25) is 0 Å². The standard InChI is InChI=1S/C13H13ClN2O6/c1-8(17)2-5-13(19)22-7-12(18)15-10-6-9(14)3-4-11(10)16(20)21/h3-4,6H,2,5,7H2,1H3,(H,15,18). The molecule has 1 aromatic rings. The van der Waals surface area contributed by atoms with E-state index in [0.717, 1.165) is 6.07 Å². The van der Waals surface area contributed by atoms with Crippen LogP contribution in [0.3, 0.4) is 0 Å². The van der Waals surface area contributed by atoms with Crippen molar-refractivity contribution in [3.63, 3.8) is 0 Å². The lowest BCUT2D eigenvalue weighted by Gasteiger charge is -2.07. The van der Waals surface area contributed by atoms with E-state index in [-0.39, 0.29) is 35.0 Å². The second kappa shape index (κ2) is 8.08. The third kappa shape index (κ3) is 5.88. The Hall–Kier alpha value is -2.48. The minimum Gasteiger partial charge on any atom is -0.456 e. The summed E-state index contributed by atoms with van der Waals surface area (Å²) in [7, 11) is 0. The predicted octanol–water partition coefficient (Wildman–Crippen LogP) is 2.10. The van der Waals surface area contributed by atoms with Crippen molar-refractivity contribution in [2.75, 3.05) is 11.9 Å². The Morgan fingerprint density at radius 2 is 2.00 bits per heavy atom. The van der Waals surface area contributed by atoms with Crippen LogP contribution in [0, 0.1) is 10.1 Å². The fourth-order valence-electron chi connectivity index (χ4n) is 1.45. The highest BCUT2D eigenvalue weighted by Gasteiger charge is 2.17. The van der Waals surface area contributed by atoms with Crippen LogP contribution in [0.1, 0.15) is 19.8 Å². The summed E-state index contributed by atoms with van der Waals surface area (Å²) in [6.07, 6.45) is -0.0971. The Bertz CT molecular complexity index is 617. The summed E-state index contributed by atoms with van der Waals surface area (Å²) < 4.78 is 4.65. The van der Waals surface area contributed by atoms with Crippen LogP contribution in [0.5, 0.6) is 0 Å². The molecule has 0 unspecified atom stereocenters. The highest BCUT2D eigenvalue weighted by atomic mass is 35.5. The quantitative estimate of drug-likeness (QED) is 0.465. The van der Waals surface area contributed by atoms with E-state index in [4.69, 9.17) is 11.6 Å². The van der Waals surface area contributed by atoms with Gasteiger partial charge in [-0.05, 0) is 19.1 Å². The lowest BCUT2D eigenvalue weighted by atomic mass is 10.2. The molecule has 118 valence electrons. The molecule has 0 radical (unpaired) electrons. The van der Waals surface area contributed by atoms with Gasteiger partial charge in [-0.2, -0.15) is 0 Å². The Labute approximate surface area is 130 Å². The van der Waals surface area contributed by atoms with Gasteiger partial charge in [-0.1, -0.05) is 11.6 Å². The van der Waals surface area contributed by atoms with E-state index in [2.05, 4.69) is 10.1 Å². The first-order chi connectivity index (χ1) is 10.3. The maximum Gasteiger partial charge on any atom is 0.306 e. The maximum atomic E-state index is 11.6. The highest BCUT2D eigenvalue weighted by molar-refractivity contribution is 6.31. The van der Waals surface area contributed by atoms with Gasteiger partial charge in [-0.3, -0.25) is 19.7 Å². The number of benzene rings is 1. The van der Waals surface area contributed by atoms with Crippen molar-refractivity contribution in [1.82, 2.24) is 0 Å². The molecular formula is C13H13ClN2O6. The monoisotopic (exact) mass is 328 g/mol. The van der Waals surface area contributed by atoms with Gasteiger partial charge in [0, 0.05) is 17.5 Å². The van der Waals surface area contributed by atoms with Crippen LogP contribution >= 0.6 is 11.6 Å². The number of nitrogens with one attached hydrogen (secondary N) is 1. The molecule has 0 heterocycles. The summed E-state index contributed by atoms with van der Waals surface area (Å²) in [4.78, 5) is 43.7. The smallest absolute Gasteiger partial charge is 0.306 e. The van der Waals surface area contributed by atoms with Gasteiger partial charge in [0.15, 0.2) is 6.61 Å². The third-order valence-electron chi connectivity index (χ3n) is 2.47. The van der Waals surface area contributed by atoms with Crippen LogP contribution in [0.4, 0.5) is 11.4 Å². The predicted molar refractivity (Wildman–Crippen MR) is 77.6 cm³/mol. The van der Waals surface area contributed by atoms with Crippen molar-refractivity contribution in [3.05, 3.63) is 33.3 Å². The fourth-order valence-corrected chi connectivity index (χ4v) is 1.62. The number of halogens is 1. The van der Waals surface area contributed by atoms with Crippen LogP contribution in [-0.4, -0.2) is 29.2 Å². The number of anilines is 1. The normalized spacial score (nSPS) is 9.91. The topological polar surface area (TPSA) is 116 Å². The van der Waals surface area contributed by atoms with Crippen molar-refractivity contribution >= 4 is 40.6 Å². The van der Waals surface area contributed by atoms with Gasteiger partial charge in [0.1, 0.15) is 11.5 Å². The van der Waals surface area contributed by atoms with E-state index in [1.807, 2.05) is 0 Å². The number of nitro benzene ring substituents is 1. The molecule has 1 aromatic carbocycles. The summed E-state index contributed by atoms with van der Waals surface area (Å²) in [6, 6.07) is 3.68. The molecular weight excluding hydrogens is 316 g/mol. The fraction of sp³-hybridized carbons (Fsp3) is 0.308. The molecule has 0 aliphatic rings. The van der Waals surface area contributed by atoms with E-state index < -0.39 is 23.4 Å². The molecule has 22 heavy (non-hydrogen) atoms. The first-order valence-electron chi connectivity index (χ1n) is 6.18. The molecule has 0 saturated carbocycles. The second-order valence-electron chi connectivity index (χ2n) is 4.33. The lowest BCUT2D eigenvalue weighted by molar-refractivity contribution is -0.383. The van der Waals surface area contributed by atoms with Gasteiger partial charge in [-0.15, -0.1) is 0 Å². The molecule has 0 aliphatic heterocycles. The molecule has 0 atom stereocenters. The van der Waals surface area contributed by atoms with Gasteiger partial charge in [-0.25, -0.2) is 0 Å². The molecule has 0 bridgehead atoms. The van der Waals surface area contributed by atoms with Crippen molar-refractivity contribution in [3.8, 4) is 0 Å². The maximum absolute atomic E-state index is 11.6. The van der Waals surface area contributed by atoms with E-state index in [1.165, 1.54) is 19.1 Å². The average molecular weight is 329 g/mol. The molecule has 9 heteroatoms. The van der Waals surface area contributed by atoms with E-state index in [1.54, 1.807) is 0 Å². The second-order valence-corrected chi connectivity index (χ2v) is 4.77. The van der Waals surface area contributed by atoms with E-state index in [9.17, 15) is 24.5 Å². The number of hydrogen-bond donors (Lipinski definition) is 1. The van der Waals surface area contributed by atoms with E-state index >= 15 is 0 Å². The highest BCUT2D eigenvalue weighted by Crippen LogP contribution is 2.27. The van der Waals surface area contributed by atoms with Crippen molar-refractivity contribution in [1.29, 1.82) is 0 Å². The van der Waals surface area contributed by atoms with Gasteiger partial charge < -0.3 is 14.8 Å². The number of hydrogen-bond acceptors (Lipinski definition) is 6. The molecule has 0 spiro atoms. The van der Waals surface area contributed by atoms with Crippen molar-refractivity contribution in [2.45, 2.75) is 19.8 Å². The number of carbonyl (C=O) groups excluding carboxylic acids is 3. The number of nitrogens with zero attached hydrogens (tertiary/aromatic N) is 1. The molecule has 0 saturated heterocycles. The minimum absolute atomic E-state index is 0.0280. The number of nitro groups is 1. The summed E-state index contributed by atoms with van der Waals surface area (Å²) in [5, 5.41) is 13.3. The van der Waals surface area contributed by atoms with Crippen LogP contribution in [-0.2, 0) is 19.1 Å². The zero-order chi connectivity index (χ0) is 16.7. The number of carbonyl (C=O) groups is 3. The number of ether oxygens (including phenoxy) is 1. The zero-order valence-corrected chi connectivity index (χ0v) is 12.4. The summed E-state index contributed by atoms with van der Waals surface area (Å²) in [6.45, 7) is 0.721. The van der Waals surface area contributed by atoms with Crippen molar-refractivity contribution < 1.29 is 24.0 Å². The Kier molecular flexibility index (Phi) is 6.46. The first-order valence-corrected chi connectivity index (χ1v) is 6.56. The van der Waals surface area contributed by atoms with Gasteiger partial charge in [0.25, 0.3) is 11.6 Å². The Morgan fingerprint density at radius 1 is 1.32 bits per heavy atom. The molecule has 0 aliphatic carbocycles. The molecule has 1 amide bonds.